The van der Waals surface area contributed by atoms with E-state index in [9.17, 15) is 9.59 Å². The van der Waals surface area contributed by atoms with Crippen LogP contribution in [0.4, 0.5) is 5.69 Å². The molecule has 124 valence electrons. The van der Waals surface area contributed by atoms with Crippen LogP contribution in [0.5, 0.6) is 0 Å². The van der Waals surface area contributed by atoms with Crippen LogP contribution in [0.2, 0.25) is 0 Å². The Kier molecular flexibility index (Phi) is 4.66. The van der Waals surface area contributed by atoms with Gasteiger partial charge in [0.1, 0.15) is 0 Å². The Morgan fingerprint density at radius 2 is 2.09 bits per heavy atom. The van der Waals surface area contributed by atoms with E-state index in [2.05, 4.69) is 6.92 Å². The number of nitrogens with zero attached hydrogens (tertiary/aromatic N) is 2. The second-order valence-corrected chi connectivity index (χ2v) is 6.57. The molecule has 2 heterocycles. The van der Waals surface area contributed by atoms with E-state index in [0.717, 1.165) is 37.1 Å². The SMILES string of the molecule is CCc1ccccc1N1CC(C(=O)N2CCCC(N)C2)CC1=O. The second-order valence-electron chi connectivity index (χ2n) is 6.57. The summed E-state index contributed by atoms with van der Waals surface area (Å²) in [5, 5.41) is 0. The van der Waals surface area contributed by atoms with Gasteiger partial charge in [-0.25, -0.2) is 0 Å². The largest absolute Gasteiger partial charge is 0.341 e. The molecule has 0 aliphatic carbocycles. The molecule has 0 radical (unpaired) electrons. The molecule has 5 nitrogen and oxygen atoms in total. The summed E-state index contributed by atoms with van der Waals surface area (Å²) in [6, 6.07) is 8.02. The molecule has 1 aromatic rings. The van der Waals surface area contributed by atoms with Crippen molar-refractivity contribution in [3.63, 3.8) is 0 Å². The summed E-state index contributed by atoms with van der Waals surface area (Å²) in [4.78, 5) is 28.8. The van der Waals surface area contributed by atoms with Gasteiger partial charge in [-0.3, -0.25) is 9.59 Å². The average Bonchev–Trinajstić information content (AvgIpc) is 2.95. The lowest BCUT2D eigenvalue weighted by molar-refractivity contribution is -0.136. The summed E-state index contributed by atoms with van der Waals surface area (Å²) >= 11 is 0. The van der Waals surface area contributed by atoms with Gasteiger partial charge in [0.2, 0.25) is 11.8 Å². The van der Waals surface area contributed by atoms with Gasteiger partial charge in [0.25, 0.3) is 0 Å². The number of aryl methyl sites for hydroxylation is 1. The number of amides is 2. The third-order valence-corrected chi connectivity index (χ3v) is 4.91. The second kappa shape index (κ2) is 6.71. The Bertz CT molecular complexity index is 602. The number of likely N-dealkylation sites (tertiary alicyclic amines) is 1. The van der Waals surface area contributed by atoms with Gasteiger partial charge in [-0.15, -0.1) is 0 Å². The Morgan fingerprint density at radius 1 is 1.30 bits per heavy atom. The zero-order chi connectivity index (χ0) is 16.4. The van der Waals surface area contributed by atoms with Crippen molar-refractivity contribution >= 4 is 17.5 Å². The van der Waals surface area contributed by atoms with Crippen LogP contribution in [0.3, 0.4) is 0 Å². The number of nitrogens with two attached hydrogens (primary N) is 1. The molecule has 23 heavy (non-hydrogen) atoms. The van der Waals surface area contributed by atoms with Gasteiger partial charge in [0, 0.05) is 37.8 Å². The van der Waals surface area contributed by atoms with Crippen LogP contribution in [-0.2, 0) is 16.0 Å². The zero-order valence-electron chi connectivity index (χ0n) is 13.7. The summed E-state index contributed by atoms with van der Waals surface area (Å²) in [6.07, 6.45) is 3.11. The molecule has 0 aromatic heterocycles. The number of carbonyl (C=O) groups is 2. The first kappa shape index (κ1) is 16.0. The topological polar surface area (TPSA) is 66.6 Å². The maximum absolute atomic E-state index is 12.7. The summed E-state index contributed by atoms with van der Waals surface area (Å²) in [7, 11) is 0. The minimum Gasteiger partial charge on any atom is -0.341 e. The molecule has 5 heteroatoms. The molecule has 2 aliphatic heterocycles. The number of para-hydroxylation sites is 1. The van der Waals surface area contributed by atoms with Gasteiger partial charge in [-0.05, 0) is 30.9 Å². The van der Waals surface area contributed by atoms with E-state index in [0.29, 0.717) is 19.5 Å². The molecule has 2 fully saturated rings. The Morgan fingerprint density at radius 3 is 2.83 bits per heavy atom. The predicted octanol–water partition coefficient (Wildman–Crippen LogP) is 1.55. The van der Waals surface area contributed by atoms with E-state index < -0.39 is 0 Å². The van der Waals surface area contributed by atoms with Crippen LogP contribution < -0.4 is 10.6 Å². The van der Waals surface area contributed by atoms with Crippen LogP contribution in [0, 0.1) is 5.92 Å². The van der Waals surface area contributed by atoms with E-state index in [1.807, 2.05) is 29.2 Å². The average molecular weight is 315 g/mol. The monoisotopic (exact) mass is 315 g/mol. The number of piperidine rings is 1. The lowest BCUT2D eigenvalue weighted by Gasteiger charge is -2.32. The van der Waals surface area contributed by atoms with Crippen molar-refractivity contribution in [1.29, 1.82) is 0 Å². The van der Waals surface area contributed by atoms with E-state index >= 15 is 0 Å². The van der Waals surface area contributed by atoms with Crippen molar-refractivity contribution < 1.29 is 9.59 Å². The number of anilines is 1. The third kappa shape index (κ3) is 3.24. The summed E-state index contributed by atoms with van der Waals surface area (Å²) in [5.74, 6) is -0.103. The molecule has 0 bridgehead atoms. The number of benzene rings is 1. The van der Waals surface area contributed by atoms with Gasteiger partial charge >= 0.3 is 0 Å². The van der Waals surface area contributed by atoms with Crippen molar-refractivity contribution in [2.24, 2.45) is 11.7 Å². The van der Waals surface area contributed by atoms with Crippen molar-refractivity contribution in [3.8, 4) is 0 Å². The maximum atomic E-state index is 12.7. The van der Waals surface area contributed by atoms with Crippen LogP contribution in [0.15, 0.2) is 24.3 Å². The fraction of sp³-hybridized carbons (Fsp3) is 0.556. The summed E-state index contributed by atoms with van der Waals surface area (Å²) in [5.41, 5.74) is 8.07. The molecule has 2 N–H and O–H groups in total. The van der Waals surface area contributed by atoms with E-state index in [-0.39, 0.29) is 23.8 Å². The van der Waals surface area contributed by atoms with Gasteiger partial charge < -0.3 is 15.5 Å². The molecular formula is C18H25N3O2. The van der Waals surface area contributed by atoms with Gasteiger partial charge in [0.05, 0.1) is 5.92 Å². The molecule has 2 unspecified atom stereocenters. The highest BCUT2D eigenvalue weighted by molar-refractivity contribution is 6.00. The van der Waals surface area contributed by atoms with Crippen molar-refractivity contribution in [1.82, 2.24) is 4.90 Å². The van der Waals surface area contributed by atoms with Crippen LogP contribution in [0.25, 0.3) is 0 Å². The highest BCUT2D eigenvalue weighted by atomic mass is 16.2. The Balaban J connectivity index is 1.73. The van der Waals surface area contributed by atoms with Crippen molar-refractivity contribution in [3.05, 3.63) is 29.8 Å². The predicted molar refractivity (Wildman–Crippen MR) is 90.1 cm³/mol. The van der Waals surface area contributed by atoms with Crippen molar-refractivity contribution in [2.45, 2.75) is 38.6 Å². The molecule has 3 rings (SSSR count). The number of rotatable bonds is 3. The first-order valence-corrected chi connectivity index (χ1v) is 8.52. The van der Waals surface area contributed by atoms with E-state index in [4.69, 9.17) is 5.73 Å². The highest BCUT2D eigenvalue weighted by Crippen LogP contribution is 2.29. The standard InChI is InChI=1S/C18H25N3O2/c1-2-13-6-3-4-8-16(13)21-11-14(10-17(21)22)18(23)20-9-5-7-15(19)12-20/h3-4,6,8,14-15H,2,5,7,9-12,19H2,1H3. The lowest BCUT2D eigenvalue weighted by atomic mass is 10.0. The molecule has 2 aliphatic rings. The highest BCUT2D eigenvalue weighted by Gasteiger charge is 2.38. The summed E-state index contributed by atoms with van der Waals surface area (Å²) in [6.45, 7) is 3.95. The first-order valence-electron chi connectivity index (χ1n) is 8.52. The Labute approximate surface area is 137 Å². The maximum Gasteiger partial charge on any atom is 0.228 e. The third-order valence-electron chi connectivity index (χ3n) is 4.91. The van der Waals surface area contributed by atoms with Gasteiger partial charge in [0.15, 0.2) is 0 Å². The number of hydrogen-bond acceptors (Lipinski definition) is 3. The normalized spacial score (nSPS) is 25.0. The smallest absolute Gasteiger partial charge is 0.228 e. The van der Waals surface area contributed by atoms with Crippen LogP contribution >= 0.6 is 0 Å². The van der Waals surface area contributed by atoms with E-state index in [1.54, 1.807) is 4.90 Å². The molecule has 1 aromatic carbocycles. The molecule has 2 atom stereocenters. The zero-order valence-corrected chi connectivity index (χ0v) is 13.7. The molecule has 0 spiro atoms. The van der Waals surface area contributed by atoms with Crippen LogP contribution in [-0.4, -0.2) is 42.4 Å². The van der Waals surface area contributed by atoms with E-state index in [1.165, 1.54) is 0 Å². The number of carbonyl (C=O) groups excluding carboxylic acids is 2. The fourth-order valence-electron chi connectivity index (χ4n) is 3.65. The molecule has 2 amide bonds. The first-order chi connectivity index (χ1) is 11.1. The van der Waals surface area contributed by atoms with Crippen molar-refractivity contribution in [2.75, 3.05) is 24.5 Å². The van der Waals surface area contributed by atoms with Crippen LogP contribution in [0.1, 0.15) is 31.7 Å². The quantitative estimate of drug-likeness (QED) is 0.920. The van der Waals surface area contributed by atoms with Gasteiger partial charge in [-0.2, -0.15) is 0 Å². The number of hydrogen-bond donors (Lipinski definition) is 1. The molecule has 2 saturated heterocycles. The lowest BCUT2D eigenvalue weighted by Crippen LogP contribution is -2.48. The molecular weight excluding hydrogens is 290 g/mol. The Hall–Kier alpha value is -1.88. The molecule has 0 saturated carbocycles. The fourth-order valence-corrected chi connectivity index (χ4v) is 3.65. The minimum atomic E-state index is -0.238. The summed E-state index contributed by atoms with van der Waals surface area (Å²) < 4.78 is 0. The van der Waals surface area contributed by atoms with Gasteiger partial charge in [-0.1, -0.05) is 25.1 Å². The minimum absolute atomic E-state index is 0.0468.